The van der Waals surface area contributed by atoms with Gasteiger partial charge in [-0.25, -0.2) is 0 Å². The van der Waals surface area contributed by atoms with E-state index >= 15 is 0 Å². The molecule has 0 aliphatic heterocycles. The molecule has 0 aromatic heterocycles. The van der Waals surface area contributed by atoms with Gasteiger partial charge in [-0.05, 0) is 44.0 Å². The van der Waals surface area contributed by atoms with Crippen LogP contribution in [0.2, 0.25) is 0 Å². The highest BCUT2D eigenvalue weighted by Crippen LogP contribution is 2.36. The third-order valence-electron chi connectivity index (χ3n) is 3.26. The molecule has 22 heavy (non-hydrogen) atoms. The minimum atomic E-state index is -4.58. The Kier molecular flexibility index (Phi) is 6.38. The molecule has 0 heterocycles. The van der Waals surface area contributed by atoms with Crippen LogP contribution in [0.3, 0.4) is 0 Å². The lowest BCUT2D eigenvalue weighted by molar-refractivity contribution is -0.137. The average Bonchev–Trinajstić information content (AvgIpc) is 3.31. The Balaban J connectivity index is 0.00000116. The van der Waals surface area contributed by atoms with Gasteiger partial charge in [0.1, 0.15) is 6.29 Å². The largest absolute Gasteiger partial charge is 0.417 e. The number of nitrogens with zero attached hydrogens (tertiary/aromatic N) is 2. The molecule has 2 N–H and O–H groups in total. The fourth-order valence-electron chi connectivity index (χ4n) is 2.05. The number of hydrogen-bond acceptors (Lipinski definition) is 4. The number of nitriles is 1. The van der Waals surface area contributed by atoms with E-state index in [9.17, 15) is 18.0 Å². The minimum Gasteiger partial charge on any atom is -0.364 e. The fraction of sp³-hybridized carbons (Fsp3) is 0.467. The smallest absolute Gasteiger partial charge is 0.364 e. The molecule has 1 aromatic rings. The Morgan fingerprint density at radius 1 is 1.41 bits per heavy atom. The van der Waals surface area contributed by atoms with Crippen molar-refractivity contribution in [2.45, 2.75) is 19.0 Å². The Labute approximate surface area is 127 Å². The summed E-state index contributed by atoms with van der Waals surface area (Å²) in [6.45, 7) is 0.627. The van der Waals surface area contributed by atoms with Crippen LogP contribution in [0.1, 0.15) is 24.0 Å². The standard InChI is InChI=1S/C14H13F3N2O.CH5N/c15-14(16,17)13-7-12(4-3-11(13)8-18)19(5-6-20)9-10-1-2-10;1-2/h3-4,6-7,10H,1-2,5,9H2;2H2,1H3. The maximum Gasteiger partial charge on any atom is 0.417 e. The predicted octanol–water partition coefficient (Wildman–Crippen LogP) is 2.57. The van der Waals surface area contributed by atoms with Crippen molar-refractivity contribution in [3.05, 3.63) is 29.3 Å². The number of carbonyl (C=O) groups is 1. The predicted molar refractivity (Wildman–Crippen MR) is 77.3 cm³/mol. The molecule has 120 valence electrons. The number of hydrogen-bond donors (Lipinski definition) is 1. The first-order chi connectivity index (χ1) is 10.5. The highest BCUT2D eigenvalue weighted by Gasteiger charge is 2.34. The molecular weight excluding hydrogens is 295 g/mol. The van der Waals surface area contributed by atoms with Crippen molar-refractivity contribution in [1.82, 2.24) is 0 Å². The summed E-state index contributed by atoms with van der Waals surface area (Å²) < 4.78 is 38.7. The quantitative estimate of drug-likeness (QED) is 0.848. The number of alkyl halides is 3. The molecule has 4 nitrogen and oxygen atoms in total. The molecule has 0 unspecified atom stereocenters. The molecule has 1 aromatic carbocycles. The van der Waals surface area contributed by atoms with Crippen LogP contribution >= 0.6 is 0 Å². The van der Waals surface area contributed by atoms with Gasteiger partial charge >= 0.3 is 6.18 Å². The minimum absolute atomic E-state index is 0.0553. The monoisotopic (exact) mass is 313 g/mol. The summed E-state index contributed by atoms with van der Waals surface area (Å²) in [5, 5.41) is 8.75. The number of nitrogens with two attached hydrogens (primary N) is 1. The van der Waals surface area contributed by atoms with E-state index in [1.54, 1.807) is 11.0 Å². The third kappa shape index (κ3) is 4.74. The molecule has 1 aliphatic rings. The van der Waals surface area contributed by atoms with Crippen LogP contribution in [0.25, 0.3) is 0 Å². The summed E-state index contributed by atoms with van der Waals surface area (Å²) in [5.41, 5.74) is 3.47. The molecule has 0 bridgehead atoms. The van der Waals surface area contributed by atoms with Gasteiger partial charge in [-0.1, -0.05) is 0 Å². The van der Waals surface area contributed by atoms with Crippen LogP contribution in [-0.2, 0) is 11.0 Å². The molecule has 0 atom stereocenters. The summed E-state index contributed by atoms with van der Waals surface area (Å²) in [6, 6.07) is 5.11. The number of carbonyl (C=O) groups excluding carboxylic acids is 1. The zero-order valence-corrected chi connectivity index (χ0v) is 12.2. The molecule has 1 aliphatic carbocycles. The van der Waals surface area contributed by atoms with E-state index in [-0.39, 0.29) is 6.54 Å². The topological polar surface area (TPSA) is 70.1 Å². The highest BCUT2D eigenvalue weighted by molar-refractivity contribution is 5.63. The van der Waals surface area contributed by atoms with E-state index in [0.29, 0.717) is 24.4 Å². The lowest BCUT2D eigenvalue weighted by Gasteiger charge is -2.23. The summed E-state index contributed by atoms with van der Waals surface area (Å²) in [6.07, 6.45) is -1.82. The Bertz CT molecular complexity index is 548. The third-order valence-corrected chi connectivity index (χ3v) is 3.26. The van der Waals surface area contributed by atoms with E-state index in [1.165, 1.54) is 13.1 Å². The van der Waals surface area contributed by atoms with Gasteiger partial charge in [0.15, 0.2) is 0 Å². The molecule has 1 saturated carbocycles. The van der Waals surface area contributed by atoms with Crippen LogP contribution in [0.5, 0.6) is 0 Å². The van der Waals surface area contributed by atoms with Gasteiger partial charge in [-0.3, -0.25) is 0 Å². The van der Waals surface area contributed by atoms with E-state index in [2.05, 4.69) is 5.73 Å². The van der Waals surface area contributed by atoms with Crippen molar-refractivity contribution < 1.29 is 18.0 Å². The molecule has 7 heteroatoms. The van der Waals surface area contributed by atoms with Gasteiger partial charge in [0.05, 0.1) is 23.7 Å². The van der Waals surface area contributed by atoms with E-state index < -0.39 is 17.3 Å². The lowest BCUT2D eigenvalue weighted by atomic mass is 10.1. The van der Waals surface area contributed by atoms with Crippen LogP contribution in [0, 0.1) is 17.2 Å². The number of anilines is 1. The highest BCUT2D eigenvalue weighted by atomic mass is 19.4. The summed E-state index contributed by atoms with van der Waals surface area (Å²) >= 11 is 0. The second kappa shape index (κ2) is 7.80. The van der Waals surface area contributed by atoms with Crippen molar-refractivity contribution in [2.75, 3.05) is 25.0 Å². The van der Waals surface area contributed by atoms with Gasteiger partial charge in [0.25, 0.3) is 0 Å². The fourth-order valence-corrected chi connectivity index (χ4v) is 2.05. The van der Waals surface area contributed by atoms with Crippen LogP contribution in [-0.4, -0.2) is 26.4 Å². The number of aldehydes is 1. The molecule has 2 rings (SSSR count). The van der Waals surface area contributed by atoms with E-state index in [0.717, 1.165) is 25.0 Å². The maximum absolute atomic E-state index is 12.9. The lowest BCUT2D eigenvalue weighted by Crippen LogP contribution is -2.28. The molecule has 0 saturated heterocycles. The first kappa shape index (κ1) is 18.0. The van der Waals surface area contributed by atoms with Crippen molar-refractivity contribution in [2.24, 2.45) is 11.7 Å². The maximum atomic E-state index is 12.9. The van der Waals surface area contributed by atoms with Crippen molar-refractivity contribution >= 4 is 12.0 Å². The Morgan fingerprint density at radius 3 is 2.50 bits per heavy atom. The average molecular weight is 313 g/mol. The summed E-state index contributed by atoms with van der Waals surface area (Å²) in [7, 11) is 1.50. The summed E-state index contributed by atoms with van der Waals surface area (Å²) in [4.78, 5) is 12.3. The van der Waals surface area contributed by atoms with Gasteiger partial charge in [0, 0.05) is 12.2 Å². The van der Waals surface area contributed by atoms with Gasteiger partial charge in [-0.15, -0.1) is 0 Å². The zero-order chi connectivity index (χ0) is 16.8. The molecular formula is C15H18F3N3O. The van der Waals surface area contributed by atoms with Crippen molar-refractivity contribution in [1.29, 1.82) is 5.26 Å². The van der Waals surface area contributed by atoms with E-state index in [1.807, 2.05) is 0 Å². The number of rotatable bonds is 5. The van der Waals surface area contributed by atoms with Crippen molar-refractivity contribution in [3.8, 4) is 6.07 Å². The van der Waals surface area contributed by atoms with E-state index in [4.69, 9.17) is 5.26 Å². The second-order valence-electron chi connectivity index (χ2n) is 4.85. The van der Waals surface area contributed by atoms with Gasteiger partial charge < -0.3 is 15.4 Å². The number of halogens is 3. The normalized spacial score (nSPS) is 13.6. The SMILES string of the molecule is CN.N#Cc1ccc(N(CC=O)CC2CC2)cc1C(F)(F)F. The van der Waals surface area contributed by atoms with Crippen molar-refractivity contribution in [3.63, 3.8) is 0 Å². The summed E-state index contributed by atoms with van der Waals surface area (Å²) in [5.74, 6) is 0.444. The van der Waals surface area contributed by atoms with Crippen LogP contribution in [0.4, 0.5) is 18.9 Å². The second-order valence-corrected chi connectivity index (χ2v) is 4.85. The zero-order valence-electron chi connectivity index (χ0n) is 12.2. The molecule has 0 amide bonds. The molecule has 0 spiro atoms. The Morgan fingerprint density at radius 2 is 2.05 bits per heavy atom. The van der Waals surface area contributed by atoms with Gasteiger partial charge in [0.2, 0.25) is 0 Å². The van der Waals surface area contributed by atoms with Crippen LogP contribution in [0.15, 0.2) is 18.2 Å². The molecule has 1 fully saturated rings. The van der Waals surface area contributed by atoms with Gasteiger partial charge in [-0.2, -0.15) is 18.4 Å². The first-order valence-corrected chi connectivity index (χ1v) is 6.83. The first-order valence-electron chi connectivity index (χ1n) is 6.83. The van der Waals surface area contributed by atoms with Crippen LogP contribution < -0.4 is 10.6 Å². The number of benzene rings is 1. The Hall–Kier alpha value is -2.07. The molecule has 0 radical (unpaired) electrons.